The lowest BCUT2D eigenvalue weighted by atomic mass is 10.2. The second-order valence-corrected chi connectivity index (χ2v) is 3.62. The van der Waals surface area contributed by atoms with Gasteiger partial charge in [0.1, 0.15) is 0 Å². The minimum atomic E-state index is -0.323. The van der Waals surface area contributed by atoms with E-state index in [1.54, 1.807) is 0 Å². The number of rotatable bonds is 7. The maximum absolute atomic E-state index is 10.8. The number of ether oxygens (including phenoxy) is 1. The molecule has 0 spiro atoms. The average molecular weight is 202 g/mol. The Morgan fingerprint density at radius 3 is 2.71 bits per heavy atom. The van der Waals surface area contributed by atoms with Gasteiger partial charge in [-0.3, -0.25) is 0 Å². The zero-order chi connectivity index (χ0) is 10.8. The molecule has 0 aliphatic heterocycles. The van der Waals surface area contributed by atoms with Crippen molar-refractivity contribution in [1.29, 1.82) is 0 Å². The van der Waals surface area contributed by atoms with Crippen LogP contribution in [-0.4, -0.2) is 32.3 Å². The Morgan fingerprint density at radius 2 is 2.14 bits per heavy atom. The van der Waals surface area contributed by atoms with Gasteiger partial charge >= 0.3 is 6.09 Å². The van der Waals surface area contributed by atoms with Crippen molar-refractivity contribution in [2.75, 3.05) is 26.2 Å². The molecule has 0 aliphatic rings. The predicted octanol–water partition coefficient (Wildman–Crippen LogP) is 1.37. The van der Waals surface area contributed by atoms with Crippen molar-refractivity contribution in [2.45, 2.75) is 27.2 Å². The van der Waals surface area contributed by atoms with Gasteiger partial charge in [-0.05, 0) is 32.4 Å². The molecule has 0 rings (SSSR count). The van der Waals surface area contributed by atoms with Crippen LogP contribution < -0.4 is 10.6 Å². The summed E-state index contributed by atoms with van der Waals surface area (Å²) in [7, 11) is 0. The Kier molecular flexibility index (Phi) is 8.33. The third-order valence-corrected chi connectivity index (χ3v) is 1.60. The Morgan fingerprint density at radius 1 is 1.43 bits per heavy atom. The van der Waals surface area contributed by atoms with Gasteiger partial charge in [-0.15, -0.1) is 0 Å². The molecular formula is C10H22N2O2. The highest BCUT2D eigenvalue weighted by Crippen LogP contribution is 1.88. The smallest absolute Gasteiger partial charge is 0.407 e. The van der Waals surface area contributed by atoms with Gasteiger partial charge in [0, 0.05) is 6.54 Å². The predicted molar refractivity (Wildman–Crippen MR) is 57.3 cm³/mol. The van der Waals surface area contributed by atoms with E-state index in [4.69, 9.17) is 4.74 Å². The van der Waals surface area contributed by atoms with Crippen LogP contribution in [0.3, 0.4) is 0 Å². The molecule has 0 fully saturated rings. The van der Waals surface area contributed by atoms with E-state index in [-0.39, 0.29) is 6.09 Å². The second kappa shape index (κ2) is 8.81. The molecule has 0 aromatic rings. The highest BCUT2D eigenvalue weighted by atomic mass is 16.5. The summed E-state index contributed by atoms with van der Waals surface area (Å²) in [5.41, 5.74) is 0. The summed E-state index contributed by atoms with van der Waals surface area (Å²) in [5.74, 6) is 0.666. The van der Waals surface area contributed by atoms with E-state index in [1.807, 2.05) is 6.92 Å². The van der Waals surface area contributed by atoms with Gasteiger partial charge in [-0.1, -0.05) is 13.8 Å². The number of carbonyl (C=O) groups is 1. The normalized spacial score (nSPS) is 10.3. The minimum Gasteiger partial charge on any atom is -0.450 e. The van der Waals surface area contributed by atoms with Crippen molar-refractivity contribution >= 4 is 6.09 Å². The lowest BCUT2D eigenvalue weighted by Crippen LogP contribution is -2.26. The number of nitrogens with one attached hydrogen (secondary N) is 2. The molecule has 0 saturated carbocycles. The third-order valence-electron chi connectivity index (χ3n) is 1.60. The molecule has 0 heterocycles. The molecule has 0 aromatic carbocycles. The second-order valence-electron chi connectivity index (χ2n) is 3.62. The van der Waals surface area contributed by atoms with Crippen LogP contribution >= 0.6 is 0 Å². The highest BCUT2D eigenvalue weighted by molar-refractivity contribution is 5.66. The zero-order valence-electron chi connectivity index (χ0n) is 9.43. The van der Waals surface area contributed by atoms with E-state index in [0.29, 0.717) is 19.1 Å². The van der Waals surface area contributed by atoms with Gasteiger partial charge < -0.3 is 15.4 Å². The maximum atomic E-state index is 10.8. The first-order valence-electron chi connectivity index (χ1n) is 5.28. The lowest BCUT2D eigenvalue weighted by Gasteiger charge is -2.07. The number of alkyl carbamates (subject to hydrolysis) is 1. The summed E-state index contributed by atoms with van der Waals surface area (Å²) < 4.78 is 4.90. The molecule has 0 unspecified atom stereocenters. The molecule has 1 amide bonds. The van der Waals surface area contributed by atoms with Crippen LogP contribution in [0.4, 0.5) is 4.79 Å². The first-order chi connectivity index (χ1) is 6.66. The molecule has 4 heteroatoms. The van der Waals surface area contributed by atoms with Gasteiger partial charge in [0.25, 0.3) is 0 Å². The van der Waals surface area contributed by atoms with E-state index in [1.165, 1.54) is 0 Å². The number of hydrogen-bond acceptors (Lipinski definition) is 3. The van der Waals surface area contributed by atoms with Crippen LogP contribution in [0.1, 0.15) is 27.2 Å². The zero-order valence-corrected chi connectivity index (χ0v) is 9.43. The molecule has 0 saturated heterocycles. The Labute approximate surface area is 86.4 Å². The number of hydrogen-bond donors (Lipinski definition) is 2. The van der Waals surface area contributed by atoms with Crippen LogP contribution in [0, 0.1) is 5.92 Å². The topological polar surface area (TPSA) is 50.4 Å². The van der Waals surface area contributed by atoms with Crippen molar-refractivity contribution in [1.82, 2.24) is 10.6 Å². The van der Waals surface area contributed by atoms with Crippen molar-refractivity contribution in [3.63, 3.8) is 0 Å². The van der Waals surface area contributed by atoms with Gasteiger partial charge in [0.2, 0.25) is 0 Å². The summed E-state index contributed by atoms with van der Waals surface area (Å²) in [4.78, 5) is 10.8. The molecule has 0 radical (unpaired) electrons. The largest absolute Gasteiger partial charge is 0.450 e. The van der Waals surface area contributed by atoms with Gasteiger partial charge in [-0.2, -0.15) is 0 Å². The van der Waals surface area contributed by atoms with Crippen molar-refractivity contribution in [3.8, 4) is 0 Å². The summed E-state index contributed by atoms with van der Waals surface area (Å²) >= 11 is 0. The Hall–Kier alpha value is -0.770. The van der Waals surface area contributed by atoms with Crippen molar-refractivity contribution in [2.24, 2.45) is 5.92 Å². The number of amides is 1. The van der Waals surface area contributed by atoms with Crippen LogP contribution in [0.5, 0.6) is 0 Å². The van der Waals surface area contributed by atoms with Crippen LogP contribution in [0.15, 0.2) is 0 Å². The van der Waals surface area contributed by atoms with E-state index < -0.39 is 0 Å². The van der Waals surface area contributed by atoms with Gasteiger partial charge in [-0.25, -0.2) is 4.79 Å². The fourth-order valence-electron chi connectivity index (χ4n) is 0.948. The quantitative estimate of drug-likeness (QED) is 0.613. The molecule has 0 bridgehead atoms. The standard InChI is InChI=1S/C10H22N2O2/c1-4-12-10(13)14-7-5-6-11-8-9(2)3/h9,11H,4-8H2,1-3H3,(H,12,13). The van der Waals surface area contributed by atoms with E-state index in [2.05, 4.69) is 24.5 Å². The third kappa shape index (κ3) is 9.32. The molecule has 4 nitrogen and oxygen atoms in total. The van der Waals surface area contributed by atoms with Gasteiger partial charge in [0.05, 0.1) is 6.61 Å². The molecule has 0 aromatic heterocycles. The molecule has 84 valence electrons. The fourth-order valence-corrected chi connectivity index (χ4v) is 0.948. The highest BCUT2D eigenvalue weighted by Gasteiger charge is 1.98. The van der Waals surface area contributed by atoms with Crippen LogP contribution in [-0.2, 0) is 4.74 Å². The fraction of sp³-hybridized carbons (Fsp3) is 0.900. The van der Waals surface area contributed by atoms with Crippen LogP contribution in [0.25, 0.3) is 0 Å². The minimum absolute atomic E-state index is 0.323. The average Bonchev–Trinajstić information content (AvgIpc) is 2.11. The number of carbonyl (C=O) groups excluding carboxylic acids is 1. The summed E-state index contributed by atoms with van der Waals surface area (Å²) in [6.45, 7) is 9.21. The Bertz CT molecular complexity index is 149. The molecule has 0 atom stereocenters. The summed E-state index contributed by atoms with van der Waals surface area (Å²) in [6, 6.07) is 0. The van der Waals surface area contributed by atoms with Crippen molar-refractivity contribution < 1.29 is 9.53 Å². The first kappa shape index (κ1) is 13.2. The Balaban J connectivity index is 3.09. The van der Waals surface area contributed by atoms with E-state index >= 15 is 0 Å². The van der Waals surface area contributed by atoms with Crippen LogP contribution in [0.2, 0.25) is 0 Å². The molecular weight excluding hydrogens is 180 g/mol. The first-order valence-corrected chi connectivity index (χ1v) is 5.28. The summed E-state index contributed by atoms with van der Waals surface area (Å²) in [6.07, 6.45) is 0.542. The van der Waals surface area contributed by atoms with E-state index in [9.17, 15) is 4.79 Å². The van der Waals surface area contributed by atoms with Crippen molar-refractivity contribution in [3.05, 3.63) is 0 Å². The van der Waals surface area contributed by atoms with Gasteiger partial charge in [0.15, 0.2) is 0 Å². The summed E-state index contributed by atoms with van der Waals surface area (Å²) in [5, 5.41) is 5.85. The maximum Gasteiger partial charge on any atom is 0.407 e. The monoisotopic (exact) mass is 202 g/mol. The molecule has 0 aliphatic carbocycles. The SMILES string of the molecule is CCNC(=O)OCCCNCC(C)C. The lowest BCUT2D eigenvalue weighted by molar-refractivity contribution is 0.145. The molecule has 14 heavy (non-hydrogen) atoms. The molecule has 2 N–H and O–H groups in total. The van der Waals surface area contributed by atoms with E-state index in [0.717, 1.165) is 19.5 Å².